The molecule has 2 atom stereocenters. The molecule has 1 aliphatic heterocycles. The summed E-state index contributed by atoms with van der Waals surface area (Å²) < 4.78 is 13.3. The molecule has 1 N–H and O–H groups in total. The summed E-state index contributed by atoms with van der Waals surface area (Å²) in [5.74, 6) is -0.575. The van der Waals surface area contributed by atoms with Crippen LogP contribution in [0.5, 0.6) is 0 Å². The summed E-state index contributed by atoms with van der Waals surface area (Å²) in [5.41, 5.74) is -0.162. The van der Waals surface area contributed by atoms with E-state index >= 15 is 0 Å². The number of unbranched alkanes of at least 4 members (excludes halogenated alkanes) is 2. The van der Waals surface area contributed by atoms with Crippen LogP contribution in [0.25, 0.3) is 0 Å². The first-order chi connectivity index (χ1) is 15.0. The van der Waals surface area contributed by atoms with Gasteiger partial charge >= 0.3 is 6.03 Å². The molecule has 6 nitrogen and oxygen atoms in total. The van der Waals surface area contributed by atoms with Gasteiger partial charge in [-0.1, -0.05) is 52.7 Å². The average Bonchev–Trinajstić information content (AvgIpc) is 2.90. The van der Waals surface area contributed by atoms with E-state index in [9.17, 15) is 18.8 Å². The van der Waals surface area contributed by atoms with Crippen molar-refractivity contribution in [3.63, 3.8) is 0 Å². The lowest BCUT2D eigenvalue weighted by atomic mass is 9.64. The third kappa shape index (κ3) is 5.48. The summed E-state index contributed by atoms with van der Waals surface area (Å²) in [6.07, 6.45) is 5.00. The number of imide groups is 1. The van der Waals surface area contributed by atoms with Gasteiger partial charge in [0.15, 0.2) is 0 Å². The Morgan fingerprint density at radius 3 is 2.50 bits per heavy atom. The van der Waals surface area contributed by atoms with Crippen LogP contribution < -0.4 is 5.32 Å². The number of hydrogen-bond donors (Lipinski definition) is 1. The number of benzene rings is 1. The zero-order valence-corrected chi connectivity index (χ0v) is 19.7. The van der Waals surface area contributed by atoms with Gasteiger partial charge in [0.05, 0.1) is 0 Å². The van der Waals surface area contributed by atoms with Gasteiger partial charge in [0, 0.05) is 13.1 Å². The van der Waals surface area contributed by atoms with Gasteiger partial charge in [-0.05, 0) is 54.7 Å². The molecule has 1 aromatic carbocycles. The van der Waals surface area contributed by atoms with Gasteiger partial charge in [0.2, 0.25) is 5.91 Å². The molecular formula is C25H36FN3O3. The van der Waals surface area contributed by atoms with E-state index in [1.807, 2.05) is 0 Å². The molecule has 1 saturated heterocycles. The minimum absolute atomic E-state index is 0.0601. The Hall–Kier alpha value is -2.44. The Morgan fingerprint density at radius 1 is 1.19 bits per heavy atom. The van der Waals surface area contributed by atoms with E-state index < -0.39 is 11.6 Å². The third-order valence-corrected chi connectivity index (χ3v) is 6.59. The summed E-state index contributed by atoms with van der Waals surface area (Å²) in [6, 6.07) is 5.57. The Balaban J connectivity index is 1.73. The van der Waals surface area contributed by atoms with Gasteiger partial charge in [0.1, 0.15) is 17.9 Å². The molecule has 1 saturated carbocycles. The Labute approximate surface area is 190 Å². The molecule has 176 valence electrons. The normalized spacial score (nSPS) is 24.7. The molecule has 2 aliphatic rings. The van der Waals surface area contributed by atoms with E-state index in [1.165, 1.54) is 12.1 Å². The first kappa shape index (κ1) is 24.2. The van der Waals surface area contributed by atoms with Crippen LogP contribution in [0.4, 0.5) is 9.18 Å². The first-order valence-corrected chi connectivity index (χ1v) is 11.7. The van der Waals surface area contributed by atoms with Crippen molar-refractivity contribution in [1.82, 2.24) is 15.1 Å². The summed E-state index contributed by atoms with van der Waals surface area (Å²) in [4.78, 5) is 42.1. The van der Waals surface area contributed by atoms with Crippen molar-refractivity contribution in [3.05, 3.63) is 35.6 Å². The Bertz CT molecular complexity index is 854. The Kier molecular flexibility index (Phi) is 7.25. The highest BCUT2D eigenvalue weighted by molar-refractivity contribution is 6.09. The van der Waals surface area contributed by atoms with Crippen molar-refractivity contribution in [2.24, 2.45) is 11.3 Å². The van der Waals surface area contributed by atoms with Crippen molar-refractivity contribution in [2.75, 3.05) is 13.1 Å². The van der Waals surface area contributed by atoms with E-state index in [-0.39, 0.29) is 29.6 Å². The second-order valence-electron chi connectivity index (χ2n) is 10.4. The van der Waals surface area contributed by atoms with Gasteiger partial charge in [-0.15, -0.1) is 0 Å². The van der Waals surface area contributed by atoms with Gasteiger partial charge < -0.3 is 10.2 Å². The fourth-order valence-electron chi connectivity index (χ4n) is 5.54. The van der Waals surface area contributed by atoms with Crippen LogP contribution in [0.3, 0.4) is 0 Å². The second-order valence-corrected chi connectivity index (χ2v) is 10.4. The molecule has 32 heavy (non-hydrogen) atoms. The molecule has 1 spiro atoms. The lowest BCUT2D eigenvalue weighted by molar-refractivity contribution is -0.141. The smallest absolute Gasteiger partial charge is 0.325 e. The SMILES string of the molecule is CCCCCN(Cc1ccc(F)cc1)C(=O)CN1C(=O)NC2(CC(C)CC(C)(C)C2)C1=O. The van der Waals surface area contributed by atoms with Crippen molar-refractivity contribution >= 4 is 17.8 Å². The number of halogens is 1. The number of nitrogens with zero attached hydrogens (tertiary/aromatic N) is 2. The molecule has 1 aliphatic carbocycles. The molecular weight excluding hydrogens is 409 g/mol. The van der Waals surface area contributed by atoms with Crippen molar-refractivity contribution in [1.29, 1.82) is 0 Å². The summed E-state index contributed by atoms with van der Waals surface area (Å²) in [7, 11) is 0. The number of nitrogens with one attached hydrogen (secondary N) is 1. The highest BCUT2D eigenvalue weighted by Gasteiger charge is 2.56. The predicted molar refractivity (Wildman–Crippen MR) is 121 cm³/mol. The molecule has 0 aromatic heterocycles. The second kappa shape index (κ2) is 9.59. The first-order valence-electron chi connectivity index (χ1n) is 11.7. The fourth-order valence-corrected chi connectivity index (χ4v) is 5.54. The lowest BCUT2D eigenvalue weighted by Gasteiger charge is -2.43. The summed E-state index contributed by atoms with van der Waals surface area (Å²) in [5, 5.41) is 2.93. The molecule has 3 rings (SSSR count). The lowest BCUT2D eigenvalue weighted by Crippen LogP contribution is -2.54. The average molecular weight is 446 g/mol. The number of urea groups is 1. The topological polar surface area (TPSA) is 69.7 Å². The van der Waals surface area contributed by atoms with E-state index in [0.29, 0.717) is 31.8 Å². The number of carbonyl (C=O) groups is 3. The fraction of sp³-hybridized carbons (Fsp3) is 0.640. The maximum absolute atomic E-state index is 13.4. The van der Waals surface area contributed by atoms with Crippen LogP contribution in [-0.2, 0) is 16.1 Å². The molecule has 0 radical (unpaired) electrons. The Morgan fingerprint density at radius 2 is 1.88 bits per heavy atom. The zero-order valence-electron chi connectivity index (χ0n) is 19.7. The molecule has 2 fully saturated rings. The van der Waals surface area contributed by atoms with Gasteiger partial charge in [-0.25, -0.2) is 9.18 Å². The van der Waals surface area contributed by atoms with E-state index in [1.54, 1.807) is 17.0 Å². The molecule has 1 heterocycles. The van der Waals surface area contributed by atoms with Crippen LogP contribution in [0.1, 0.15) is 71.8 Å². The van der Waals surface area contributed by atoms with Crippen molar-refractivity contribution in [3.8, 4) is 0 Å². The van der Waals surface area contributed by atoms with Gasteiger partial charge in [-0.2, -0.15) is 0 Å². The van der Waals surface area contributed by atoms with Crippen molar-refractivity contribution in [2.45, 2.75) is 78.3 Å². The minimum Gasteiger partial charge on any atom is -0.337 e. The third-order valence-electron chi connectivity index (χ3n) is 6.59. The number of amides is 4. The maximum atomic E-state index is 13.4. The van der Waals surface area contributed by atoms with Crippen LogP contribution in [-0.4, -0.2) is 46.3 Å². The molecule has 1 aromatic rings. The van der Waals surface area contributed by atoms with Crippen LogP contribution in [0.2, 0.25) is 0 Å². The summed E-state index contributed by atoms with van der Waals surface area (Å²) in [6.45, 7) is 9.02. The number of hydrogen-bond acceptors (Lipinski definition) is 3. The molecule has 2 unspecified atom stereocenters. The molecule has 7 heteroatoms. The standard InChI is InChI=1S/C25H36FN3O3/c1-5-6-7-12-28(15-19-8-10-20(26)11-9-19)21(30)16-29-22(31)25(27-23(29)32)14-18(2)13-24(3,4)17-25/h8-11,18H,5-7,12-17H2,1-4H3,(H,27,32). The van der Waals surface area contributed by atoms with E-state index in [0.717, 1.165) is 36.1 Å². The van der Waals surface area contributed by atoms with Crippen LogP contribution in [0.15, 0.2) is 24.3 Å². The van der Waals surface area contributed by atoms with Crippen LogP contribution in [0, 0.1) is 17.2 Å². The quantitative estimate of drug-likeness (QED) is 0.474. The molecule has 4 amide bonds. The van der Waals surface area contributed by atoms with Crippen molar-refractivity contribution < 1.29 is 18.8 Å². The predicted octanol–water partition coefficient (Wildman–Crippen LogP) is 4.48. The minimum atomic E-state index is -0.914. The summed E-state index contributed by atoms with van der Waals surface area (Å²) >= 11 is 0. The maximum Gasteiger partial charge on any atom is 0.325 e. The highest BCUT2D eigenvalue weighted by Crippen LogP contribution is 2.46. The number of rotatable bonds is 8. The van der Waals surface area contributed by atoms with E-state index in [4.69, 9.17) is 0 Å². The highest BCUT2D eigenvalue weighted by atomic mass is 19.1. The largest absolute Gasteiger partial charge is 0.337 e. The van der Waals surface area contributed by atoms with E-state index in [2.05, 4.69) is 33.0 Å². The monoisotopic (exact) mass is 445 g/mol. The van der Waals surface area contributed by atoms with Gasteiger partial charge in [-0.3, -0.25) is 14.5 Å². The zero-order chi connectivity index (χ0) is 23.5. The van der Waals surface area contributed by atoms with Gasteiger partial charge in [0.25, 0.3) is 5.91 Å². The van der Waals surface area contributed by atoms with Crippen LogP contribution >= 0.6 is 0 Å². The molecule has 0 bridgehead atoms. The number of carbonyl (C=O) groups excluding carboxylic acids is 3.